The van der Waals surface area contributed by atoms with Crippen molar-refractivity contribution in [2.45, 2.75) is 24.6 Å². The van der Waals surface area contributed by atoms with Gasteiger partial charge in [-0.25, -0.2) is 0 Å². The lowest BCUT2D eigenvalue weighted by molar-refractivity contribution is -0.143. The van der Waals surface area contributed by atoms with Gasteiger partial charge in [-0.15, -0.1) is 0 Å². The zero-order chi connectivity index (χ0) is 23.2. The van der Waals surface area contributed by atoms with Gasteiger partial charge < -0.3 is 24.0 Å². The number of para-hydroxylation sites is 2. The lowest BCUT2D eigenvalue weighted by atomic mass is 9.86. The second-order valence-corrected chi connectivity index (χ2v) is 8.09. The molecule has 1 aromatic heterocycles. The summed E-state index contributed by atoms with van der Waals surface area (Å²) in [5.41, 5.74) is -0.413. The summed E-state index contributed by atoms with van der Waals surface area (Å²) in [6.07, 6.45) is -3.79. The number of nitrogens with zero attached hydrogens (tertiary/aromatic N) is 2. The van der Waals surface area contributed by atoms with E-state index in [0.29, 0.717) is 54.4 Å². The van der Waals surface area contributed by atoms with Crippen LogP contribution >= 0.6 is 0 Å². The molecule has 1 N–H and O–H groups in total. The standard InChI is InChI=1S/C24H21F3N2O4.H2/c25-24(26,27)21-10-9-20-23(33-19-4-2-1-3-18(19)29(20)21)11-13-28(14-12-23)22(31)16-5-7-17(8-6-16)32-15-30;/h1-10,30H,11-15H2;1H. The lowest BCUT2D eigenvalue weighted by Gasteiger charge is -2.45. The SMILES string of the molecule is O=C(c1ccc(OCO)cc1)N1CCC2(CC1)Oc1ccccc1-n1c(C(F)(F)F)ccc12.[HH]. The second-order valence-electron chi connectivity index (χ2n) is 8.09. The minimum atomic E-state index is -4.51. The van der Waals surface area contributed by atoms with Crippen LogP contribution < -0.4 is 9.47 Å². The van der Waals surface area contributed by atoms with Crippen molar-refractivity contribution in [3.8, 4) is 17.2 Å². The Balaban J connectivity index is 0.00000274. The number of hydrogen-bond donors (Lipinski definition) is 1. The molecule has 0 saturated carbocycles. The number of halogens is 3. The van der Waals surface area contributed by atoms with E-state index in [1.54, 1.807) is 53.4 Å². The third-order valence-electron chi connectivity index (χ3n) is 6.24. The number of amides is 1. The molecule has 1 amide bonds. The zero-order valence-corrected chi connectivity index (χ0v) is 17.5. The van der Waals surface area contributed by atoms with Crippen LogP contribution in [0.3, 0.4) is 0 Å². The molecule has 6 nitrogen and oxygen atoms in total. The van der Waals surface area contributed by atoms with Gasteiger partial charge in [-0.3, -0.25) is 4.79 Å². The summed E-state index contributed by atoms with van der Waals surface area (Å²) < 4.78 is 53.8. The number of carbonyl (C=O) groups excluding carboxylic acids is 1. The number of aromatic nitrogens is 1. The van der Waals surface area contributed by atoms with E-state index in [1.807, 2.05) is 0 Å². The van der Waals surface area contributed by atoms with Gasteiger partial charge in [0.1, 0.15) is 17.2 Å². The first-order chi connectivity index (χ1) is 15.8. The van der Waals surface area contributed by atoms with Gasteiger partial charge in [0.15, 0.2) is 12.4 Å². The molecule has 174 valence electrons. The van der Waals surface area contributed by atoms with Crippen LogP contribution in [0.1, 0.15) is 36.0 Å². The molecule has 0 radical (unpaired) electrons. The number of aliphatic hydroxyl groups is 1. The number of rotatable bonds is 3. The van der Waals surface area contributed by atoms with E-state index in [4.69, 9.17) is 14.6 Å². The summed E-state index contributed by atoms with van der Waals surface area (Å²) in [5, 5.41) is 8.83. The number of piperidine rings is 1. The Morgan fingerprint density at radius 2 is 1.76 bits per heavy atom. The van der Waals surface area contributed by atoms with Crippen molar-refractivity contribution < 1.29 is 34.0 Å². The Bertz CT molecular complexity index is 1190. The predicted molar refractivity (Wildman–Crippen MR) is 114 cm³/mol. The maximum Gasteiger partial charge on any atom is 0.431 e. The van der Waals surface area contributed by atoms with Gasteiger partial charge in [-0.05, 0) is 48.5 Å². The van der Waals surface area contributed by atoms with Gasteiger partial charge in [0.2, 0.25) is 0 Å². The molecular weight excluding hydrogens is 437 g/mol. The topological polar surface area (TPSA) is 63.9 Å². The average Bonchev–Trinajstić information content (AvgIpc) is 3.27. The van der Waals surface area contributed by atoms with Crippen molar-refractivity contribution in [3.63, 3.8) is 0 Å². The number of hydrogen-bond acceptors (Lipinski definition) is 4. The smallest absolute Gasteiger partial charge is 0.431 e. The fourth-order valence-electron chi connectivity index (χ4n) is 4.64. The molecule has 0 bridgehead atoms. The predicted octanol–water partition coefficient (Wildman–Crippen LogP) is 4.59. The zero-order valence-electron chi connectivity index (χ0n) is 17.5. The van der Waals surface area contributed by atoms with E-state index in [0.717, 1.165) is 6.07 Å². The van der Waals surface area contributed by atoms with Crippen LogP contribution in [-0.2, 0) is 11.8 Å². The minimum Gasteiger partial charge on any atom is -0.479 e. The number of fused-ring (bicyclic) bond motifs is 4. The Morgan fingerprint density at radius 1 is 1.06 bits per heavy atom. The highest BCUT2D eigenvalue weighted by atomic mass is 19.4. The highest BCUT2D eigenvalue weighted by Gasteiger charge is 2.48. The molecule has 0 atom stereocenters. The van der Waals surface area contributed by atoms with Crippen LogP contribution in [-0.4, -0.2) is 40.4 Å². The molecule has 0 aliphatic carbocycles. The van der Waals surface area contributed by atoms with Crippen molar-refractivity contribution in [2.24, 2.45) is 0 Å². The molecule has 3 aromatic rings. The average molecular weight is 460 g/mol. The number of carbonyl (C=O) groups is 1. The fourth-order valence-corrected chi connectivity index (χ4v) is 4.64. The number of alkyl halides is 3. The number of likely N-dealkylation sites (tertiary alicyclic amines) is 1. The molecule has 2 aliphatic heterocycles. The van der Waals surface area contributed by atoms with Crippen molar-refractivity contribution >= 4 is 5.91 Å². The van der Waals surface area contributed by atoms with Gasteiger partial charge in [0.05, 0.1) is 11.4 Å². The Kier molecular flexibility index (Phi) is 5.08. The summed E-state index contributed by atoms with van der Waals surface area (Å²) in [6, 6.07) is 15.7. The molecule has 0 unspecified atom stereocenters. The largest absolute Gasteiger partial charge is 0.479 e. The van der Waals surface area contributed by atoms with Gasteiger partial charge in [-0.2, -0.15) is 13.2 Å². The maximum atomic E-state index is 13.8. The molecule has 2 aromatic carbocycles. The minimum absolute atomic E-state index is 0. The Morgan fingerprint density at radius 3 is 2.42 bits per heavy atom. The Hall–Kier alpha value is -3.46. The van der Waals surface area contributed by atoms with Crippen molar-refractivity contribution in [1.29, 1.82) is 0 Å². The van der Waals surface area contributed by atoms with E-state index in [-0.39, 0.29) is 7.33 Å². The van der Waals surface area contributed by atoms with E-state index in [9.17, 15) is 18.0 Å². The van der Waals surface area contributed by atoms with Crippen LogP contribution in [0, 0.1) is 0 Å². The van der Waals surface area contributed by atoms with E-state index in [2.05, 4.69) is 0 Å². The fraction of sp³-hybridized carbons (Fsp3) is 0.292. The number of aliphatic hydroxyl groups excluding tert-OH is 1. The van der Waals surface area contributed by atoms with Crippen molar-refractivity contribution in [3.05, 3.63) is 77.6 Å². The van der Waals surface area contributed by atoms with Crippen molar-refractivity contribution in [2.75, 3.05) is 19.9 Å². The maximum absolute atomic E-state index is 13.8. The third kappa shape index (κ3) is 3.62. The normalized spacial score (nSPS) is 16.7. The Labute approximate surface area is 189 Å². The van der Waals surface area contributed by atoms with Crippen LogP contribution in [0.25, 0.3) is 5.69 Å². The first kappa shape index (κ1) is 21.4. The lowest BCUT2D eigenvalue weighted by Crippen LogP contribution is -2.50. The molecule has 9 heteroatoms. The molecule has 1 fully saturated rings. The summed E-state index contributed by atoms with van der Waals surface area (Å²) in [4.78, 5) is 14.6. The summed E-state index contributed by atoms with van der Waals surface area (Å²) in [5.74, 6) is 0.663. The highest BCUT2D eigenvalue weighted by molar-refractivity contribution is 5.94. The van der Waals surface area contributed by atoms with Gasteiger partial charge in [0.25, 0.3) is 5.91 Å². The first-order valence-corrected chi connectivity index (χ1v) is 10.5. The van der Waals surface area contributed by atoms with Gasteiger partial charge >= 0.3 is 6.18 Å². The van der Waals surface area contributed by atoms with E-state index in [1.165, 1.54) is 10.6 Å². The summed E-state index contributed by atoms with van der Waals surface area (Å²) in [7, 11) is 0. The van der Waals surface area contributed by atoms with Crippen molar-refractivity contribution in [1.82, 2.24) is 9.47 Å². The van der Waals surface area contributed by atoms with Gasteiger partial charge in [0, 0.05) is 32.9 Å². The van der Waals surface area contributed by atoms with Crippen LogP contribution in [0.4, 0.5) is 13.2 Å². The van der Waals surface area contributed by atoms with E-state index >= 15 is 0 Å². The second kappa shape index (κ2) is 7.84. The number of benzene rings is 2. The van der Waals surface area contributed by atoms with E-state index < -0.39 is 24.3 Å². The number of ether oxygens (including phenoxy) is 2. The molecule has 1 saturated heterocycles. The quantitative estimate of drug-likeness (QED) is 0.581. The third-order valence-corrected chi connectivity index (χ3v) is 6.24. The molecule has 3 heterocycles. The molecular formula is C24H23F3N2O4. The molecule has 1 spiro atoms. The molecule has 33 heavy (non-hydrogen) atoms. The van der Waals surface area contributed by atoms with Crippen LogP contribution in [0.2, 0.25) is 0 Å². The first-order valence-electron chi connectivity index (χ1n) is 10.5. The monoisotopic (exact) mass is 460 g/mol. The molecule has 2 aliphatic rings. The molecule has 5 rings (SSSR count). The summed E-state index contributed by atoms with van der Waals surface area (Å²) >= 11 is 0. The van der Waals surface area contributed by atoms with Crippen LogP contribution in [0.5, 0.6) is 11.5 Å². The highest BCUT2D eigenvalue weighted by Crippen LogP contribution is 2.48. The summed E-state index contributed by atoms with van der Waals surface area (Å²) in [6.45, 7) is 0.216. The van der Waals surface area contributed by atoms with Gasteiger partial charge in [-0.1, -0.05) is 12.1 Å². The van der Waals surface area contributed by atoms with Crippen LogP contribution in [0.15, 0.2) is 60.7 Å².